The zero-order valence-electron chi connectivity index (χ0n) is 26.8. The van der Waals surface area contributed by atoms with E-state index in [1.54, 1.807) is 37.8 Å². The molecule has 0 aliphatic carbocycles. The van der Waals surface area contributed by atoms with Crippen molar-refractivity contribution in [3.8, 4) is 12.3 Å². The fraction of sp³-hybridized carbons (Fsp3) is 0.378. The highest BCUT2D eigenvalue weighted by Gasteiger charge is 2.37. The minimum atomic E-state index is -1.05. The highest BCUT2D eigenvalue weighted by atomic mass is 16.6. The summed E-state index contributed by atoms with van der Waals surface area (Å²) in [4.78, 5) is 43.6. The zero-order valence-corrected chi connectivity index (χ0v) is 26.8. The number of unbranched alkanes of at least 4 members (excludes halogenated alkanes) is 2. The second kappa shape index (κ2) is 15.8. The van der Waals surface area contributed by atoms with Gasteiger partial charge in [-0.3, -0.25) is 9.59 Å². The standard InChI is InChI=1S/C37H45N3O4/c1-8-10-16-24-40(35(42)31(25-28-20-12-11-13-21-28)38-36(43)44-37(5,6)7)33(30-23-15-14-22-29(30)9-2)34(41)39-32-26(3)18-17-19-27(32)4/h2,11-15,17-23,31,33H,8,10,16,24-25H2,1,3-7H3,(H,38,43)(H,39,41). The van der Waals surface area contributed by atoms with E-state index in [1.165, 1.54) is 0 Å². The maximum atomic E-state index is 14.7. The molecule has 3 rings (SSSR count). The quantitative estimate of drug-likeness (QED) is 0.172. The number of para-hydroxylation sites is 1. The molecule has 7 nitrogen and oxygen atoms in total. The summed E-state index contributed by atoms with van der Waals surface area (Å²) in [7, 11) is 0. The SMILES string of the molecule is C#Cc1ccccc1C(C(=O)Nc1c(C)cccc1C)N(CCCCC)C(=O)C(Cc1ccccc1)NC(=O)OC(C)(C)C. The van der Waals surface area contributed by atoms with Crippen molar-refractivity contribution in [2.75, 3.05) is 11.9 Å². The van der Waals surface area contributed by atoms with Gasteiger partial charge in [-0.2, -0.15) is 0 Å². The lowest BCUT2D eigenvalue weighted by molar-refractivity contribution is -0.140. The molecule has 0 heterocycles. The summed E-state index contributed by atoms with van der Waals surface area (Å²) in [6.07, 6.45) is 7.86. The summed E-state index contributed by atoms with van der Waals surface area (Å²) in [5.74, 6) is 1.92. The van der Waals surface area contributed by atoms with E-state index in [4.69, 9.17) is 11.2 Å². The number of rotatable bonds is 12. The van der Waals surface area contributed by atoms with Crippen molar-refractivity contribution in [1.82, 2.24) is 10.2 Å². The van der Waals surface area contributed by atoms with Crippen LogP contribution in [0, 0.1) is 26.2 Å². The summed E-state index contributed by atoms with van der Waals surface area (Å²) in [6, 6.07) is 20.4. The Labute approximate surface area is 262 Å². The third kappa shape index (κ3) is 9.47. The van der Waals surface area contributed by atoms with E-state index in [9.17, 15) is 14.4 Å². The monoisotopic (exact) mass is 595 g/mol. The van der Waals surface area contributed by atoms with Crippen molar-refractivity contribution in [3.05, 3.63) is 101 Å². The lowest BCUT2D eigenvalue weighted by Gasteiger charge is -2.35. The van der Waals surface area contributed by atoms with E-state index < -0.39 is 29.7 Å². The Balaban J connectivity index is 2.14. The van der Waals surface area contributed by atoms with Gasteiger partial charge < -0.3 is 20.3 Å². The van der Waals surface area contributed by atoms with Crippen molar-refractivity contribution in [2.45, 2.75) is 84.9 Å². The van der Waals surface area contributed by atoms with Crippen LogP contribution in [0.4, 0.5) is 10.5 Å². The Bertz CT molecular complexity index is 1450. The average Bonchev–Trinajstić information content (AvgIpc) is 2.97. The smallest absolute Gasteiger partial charge is 0.408 e. The average molecular weight is 596 g/mol. The molecule has 0 saturated heterocycles. The fourth-order valence-corrected chi connectivity index (χ4v) is 5.12. The van der Waals surface area contributed by atoms with E-state index in [-0.39, 0.29) is 18.9 Å². The van der Waals surface area contributed by atoms with E-state index in [1.807, 2.05) is 74.5 Å². The molecule has 2 atom stereocenters. The minimum Gasteiger partial charge on any atom is -0.444 e. The topological polar surface area (TPSA) is 87.7 Å². The Hall–Kier alpha value is -4.57. The number of alkyl carbamates (subject to hydrolysis) is 1. The third-order valence-electron chi connectivity index (χ3n) is 7.26. The van der Waals surface area contributed by atoms with Crippen LogP contribution in [0.3, 0.4) is 0 Å². The number of aryl methyl sites for hydroxylation is 2. The van der Waals surface area contributed by atoms with Crippen LogP contribution in [0.5, 0.6) is 0 Å². The number of carbonyl (C=O) groups excluding carboxylic acids is 3. The first-order valence-electron chi connectivity index (χ1n) is 15.2. The molecular weight excluding hydrogens is 550 g/mol. The maximum Gasteiger partial charge on any atom is 0.408 e. The van der Waals surface area contributed by atoms with Crippen molar-refractivity contribution < 1.29 is 19.1 Å². The van der Waals surface area contributed by atoms with E-state index >= 15 is 0 Å². The first kappa shape index (κ1) is 33.9. The molecular formula is C37H45N3O4. The van der Waals surface area contributed by atoms with E-state index in [0.29, 0.717) is 23.2 Å². The van der Waals surface area contributed by atoms with Gasteiger partial charge in [-0.1, -0.05) is 92.4 Å². The first-order chi connectivity index (χ1) is 20.9. The maximum absolute atomic E-state index is 14.7. The molecule has 0 aliphatic heterocycles. The van der Waals surface area contributed by atoms with Gasteiger partial charge in [0, 0.05) is 24.2 Å². The number of ether oxygens (including phenoxy) is 1. The van der Waals surface area contributed by atoms with Gasteiger partial charge in [0.1, 0.15) is 17.7 Å². The number of hydrogen-bond donors (Lipinski definition) is 2. The third-order valence-corrected chi connectivity index (χ3v) is 7.26. The van der Waals surface area contributed by atoms with Gasteiger partial charge in [0.2, 0.25) is 5.91 Å². The highest BCUT2D eigenvalue weighted by molar-refractivity contribution is 6.00. The number of hydrogen-bond acceptors (Lipinski definition) is 4. The van der Waals surface area contributed by atoms with Crippen molar-refractivity contribution >= 4 is 23.6 Å². The van der Waals surface area contributed by atoms with Crippen LogP contribution >= 0.6 is 0 Å². The summed E-state index contributed by atoms with van der Waals surface area (Å²) >= 11 is 0. The van der Waals surface area contributed by atoms with Crippen LogP contribution in [0.15, 0.2) is 72.8 Å². The van der Waals surface area contributed by atoms with Crippen LogP contribution in [0.1, 0.15) is 80.8 Å². The van der Waals surface area contributed by atoms with E-state index in [2.05, 4.69) is 23.5 Å². The van der Waals surface area contributed by atoms with Gasteiger partial charge in [-0.15, -0.1) is 6.42 Å². The highest BCUT2D eigenvalue weighted by Crippen LogP contribution is 2.29. The minimum absolute atomic E-state index is 0.214. The van der Waals surface area contributed by atoms with Crippen molar-refractivity contribution in [3.63, 3.8) is 0 Å². The molecule has 0 aromatic heterocycles. The first-order valence-corrected chi connectivity index (χ1v) is 15.2. The number of benzene rings is 3. The predicted octanol–water partition coefficient (Wildman–Crippen LogP) is 7.12. The van der Waals surface area contributed by atoms with Crippen molar-refractivity contribution in [1.29, 1.82) is 0 Å². The molecule has 0 spiro atoms. The number of carbonyl (C=O) groups is 3. The fourth-order valence-electron chi connectivity index (χ4n) is 5.12. The van der Waals surface area contributed by atoms with Gasteiger partial charge in [-0.25, -0.2) is 4.79 Å². The Morgan fingerprint density at radius 1 is 0.909 bits per heavy atom. The molecule has 232 valence electrons. The Kier molecular flexibility index (Phi) is 12.2. The lowest BCUT2D eigenvalue weighted by atomic mass is 9.96. The summed E-state index contributed by atoms with van der Waals surface area (Å²) in [5.41, 5.74) is 3.65. The van der Waals surface area contributed by atoms with Crippen LogP contribution in [-0.2, 0) is 20.7 Å². The van der Waals surface area contributed by atoms with Gasteiger partial charge in [0.05, 0.1) is 0 Å². The van der Waals surface area contributed by atoms with Crippen LogP contribution < -0.4 is 10.6 Å². The Morgan fingerprint density at radius 3 is 2.16 bits per heavy atom. The van der Waals surface area contributed by atoms with Gasteiger partial charge in [0.15, 0.2) is 0 Å². The van der Waals surface area contributed by atoms with Crippen LogP contribution in [0.25, 0.3) is 0 Å². The molecule has 44 heavy (non-hydrogen) atoms. The largest absolute Gasteiger partial charge is 0.444 e. The molecule has 0 saturated carbocycles. The van der Waals surface area contributed by atoms with Crippen LogP contribution in [-0.4, -0.2) is 41.0 Å². The van der Waals surface area contributed by atoms with E-state index in [0.717, 1.165) is 29.5 Å². The number of nitrogens with zero attached hydrogens (tertiary/aromatic N) is 1. The Morgan fingerprint density at radius 2 is 1.55 bits per heavy atom. The van der Waals surface area contributed by atoms with Crippen molar-refractivity contribution in [2.24, 2.45) is 0 Å². The molecule has 3 amide bonds. The van der Waals surface area contributed by atoms with Gasteiger partial charge in [0.25, 0.3) is 5.91 Å². The molecule has 0 aliphatic rings. The normalized spacial score (nSPS) is 12.4. The number of terminal acetylenes is 1. The predicted molar refractivity (Wildman–Crippen MR) is 176 cm³/mol. The molecule has 2 N–H and O–H groups in total. The van der Waals surface area contributed by atoms with Crippen LogP contribution in [0.2, 0.25) is 0 Å². The number of nitrogens with one attached hydrogen (secondary N) is 2. The molecule has 0 radical (unpaired) electrons. The molecule has 3 aromatic carbocycles. The zero-order chi connectivity index (χ0) is 32.3. The number of amides is 3. The molecule has 0 fully saturated rings. The number of anilines is 1. The molecule has 2 unspecified atom stereocenters. The molecule has 3 aromatic rings. The molecule has 7 heteroatoms. The summed E-state index contributed by atoms with van der Waals surface area (Å²) < 4.78 is 5.54. The van der Waals surface area contributed by atoms with Gasteiger partial charge >= 0.3 is 6.09 Å². The second-order valence-electron chi connectivity index (χ2n) is 12.0. The summed E-state index contributed by atoms with van der Waals surface area (Å²) in [5, 5.41) is 5.91. The van der Waals surface area contributed by atoms with Gasteiger partial charge in [-0.05, 0) is 69.4 Å². The molecule has 0 bridgehead atoms. The lowest BCUT2D eigenvalue weighted by Crippen LogP contribution is -2.53. The second-order valence-corrected chi connectivity index (χ2v) is 12.0. The summed E-state index contributed by atoms with van der Waals surface area (Å²) in [6.45, 7) is 11.5.